The van der Waals surface area contributed by atoms with Crippen molar-refractivity contribution in [3.63, 3.8) is 0 Å². The van der Waals surface area contributed by atoms with E-state index in [-0.39, 0.29) is 22.8 Å². The molecule has 2 aromatic rings. The van der Waals surface area contributed by atoms with E-state index in [2.05, 4.69) is 4.98 Å². The third-order valence-corrected chi connectivity index (χ3v) is 5.14. The van der Waals surface area contributed by atoms with E-state index in [0.717, 1.165) is 37.3 Å². The van der Waals surface area contributed by atoms with Crippen molar-refractivity contribution in [2.45, 2.75) is 31.7 Å². The van der Waals surface area contributed by atoms with Crippen LogP contribution in [0.2, 0.25) is 0 Å². The number of pyridine rings is 2. The predicted molar refractivity (Wildman–Crippen MR) is 99.8 cm³/mol. The first-order chi connectivity index (χ1) is 13.0. The van der Waals surface area contributed by atoms with Gasteiger partial charge in [-0.2, -0.15) is 0 Å². The van der Waals surface area contributed by atoms with Crippen LogP contribution in [0.4, 0.5) is 10.2 Å². The number of carboxylic acids is 1. The molecule has 2 aromatic heterocycles. The molecule has 0 spiro atoms. The van der Waals surface area contributed by atoms with E-state index in [1.807, 2.05) is 11.0 Å². The van der Waals surface area contributed by atoms with E-state index < -0.39 is 17.2 Å². The van der Waals surface area contributed by atoms with Crippen LogP contribution in [0.1, 0.15) is 42.1 Å². The molecule has 0 bridgehead atoms. The molecule has 1 aliphatic heterocycles. The fraction of sp³-hybridized carbons (Fsp3) is 0.421. The third-order valence-electron chi connectivity index (χ3n) is 5.14. The van der Waals surface area contributed by atoms with Crippen molar-refractivity contribution in [3.8, 4) is 0 Å². The van der Waals surface area contributed by atoms with E-state index >= 15 is 0 Å². The lowest BCUT2D eigenvalue weighted by Gasteiger charge is -2.30. The number of carboxylic acid groups (broad SMARTS) is 1. The van der Waals surface area contributed by atoms with Crippen LogP contribution in [0, 0.1) is 5.82 Å². The van der Waals surface area contributed by atoms with Gasteiger partial charge < -0.3 is 20.3 Å². The highest BCUT2D eigenvalue weighted by atomic mass is 19.1. The molecular weight excluding hydrogens is 351 g/mol. The number of hydrogen-bond donors (Lipinski definition) is 2. The molecule has 7 nitrogen and oxygen atoms in total. The van der Waals surface area contributed by atoms with Crippen molar-refractivity contribution in [3.05, 3.63) is 45.5 Å². The molecule has 2 fully saturated rings. The zero-order valence-corrected chi connectivity index (χ0v) is 14.8. The van der Waals surface area contributed by atoms with Crippen LogP contribution in [0.25, 0.3) is 11.0 Å². The number of hydrogen-bond acceptors (Lipinski definition) is 5. The van der Waals surface area contributed by atoms with Crippen molar-refractivity contribution in [1.82, 2.24) is 9.55 Å². The molecule has 3 N–H and O–H groups in total. The van der Waals surface area contributed by atoms with Crippen LogP contribution in [0.5, 0.6) is 0 Å². The summed E-state index contributed by atoms with van der Waals surface area (Å²) in [5.41, 5.74) is 6.03. The zero-order chi connectivity index (χ0) is 19.1. The first-order valence-electron chi connectivity index (χ1n) is 9.11. The molecule has 3 heterocycles. The van der Waals surface area contributed by atoms with E-state index in [1.54, 1.807) is 4.57 Å². The molecule has 4 rings (SSSR count). The van der Waals surface area contributed by atoms with Crippen molar-refractivity contribution in [1.29, 1.82) is 0 Å². The second-order valence-electron chi connectivity index (χ2n) is 7.10. The van der Waals surface area contributed by atoms with E-state index in [4.69, 9.17) is 5.73 Å². The highest BCUT2D eigenvalue weighted by Gasteiger charge is 2.29. The zero-order valence-electron chi connectivity index (χ0n) is 14.8. The Labute approximate surface area is 154 Å². The maximum Gasteiger partial charge on any atom is 0.341 e. The van der Waals surface area contributed by atoms with Crippen LogP contribution < -0.4 is 16.1 Å². The average Bonchev–Trinajstić information content (AvgIpc) is 3.47. The van der Waals surface area contributed by atoms with Gasteiger partial charge in [0.25, 0.3) is 0 Å². The Morgan fingerprint density at radius 1 is 1.44 bits per heavy atom. The van der Waals surface area contributed by atoms with Gasteiger partial charge in [-0.3, -0.25) is 4.79 Å². The van der Waals surface area contributed by atoms with Gasteiger partial charge in [-0.05, 0) is 31.7 Å². The van der Waals surface area contributed by atoms with E-state index in [1.165, 1.54) is 6.20 Å². The van der Waals surface area contributed by atoms with Gasteiger partial charge in [-0.1, -0.05) is 11.6 Å². The summed E-state index contributed by atoms with van der Waals surface area (Å²) < 4.78 is 16.5. The number of carbonyl (C=O) groups is 1. The maximum atomic E-state index is 14.8. The van der Waals surface area contributed by atoms with E-state index in [0.29, 0.717) is 25.3 Å². The summed E-state index contributed by atoms with van der Waals surface area (Å²) in [5, 5.41) is 9.32. The minimum absolute atomic E-state index is 0.0118. The highest BCUT2D eigenvalue weighted by molar-refractivity contribution is 5.92. The minimum Gasteiger partial charge on any atom is -0.477 e. The average molecular weight is 372 g/mol. The smallest absolute Gasteiger partial charge is 0.341 e. The molecular formula is C19H21FN4O3. The summed E-state index contributed by atoms with van der Waals surface area (Å²) in [7, 11) is 0. The fourth-order valence-electron chi connectivity index (χ4n) is 3.66. The second kappa shape index (κ2) is 6.77. The van der Waals surface area contributed by atoms with Gasteiger partial charge in [0.15, 0.2) is 11.6 Å². The number of nitrogens with two attached hydrogens (primary N) is 1. The summed E-state index contributed by atoms with van der Waals surface area (Å²) in [6, 6.07) is 1.23. The molecule has 1 aliphatic carbocycles. The van der Waals surface area contributed by atoms with Crippen molar-refractivity contribution >= 4 is 22.8 Å². The third kappa shape index (κ3) is 3.21. The van der Waals surface area contributed by atoms with Crippen LogP contribution >= 0.6 is 0 Å². The molecule has 1 saturated carbocycles. The molecule has 2 aliphatic rings. The monoisotopic (exact) mass is 372 g/mol. The van der Waals surface area contributed by atoms with Gasteiger partial charge in [0, 0.05) is 31.9 Å². The van der Waals surface area contributed by atoms with Crippen molar-refractivity contribution in [2.75, 3.05) is 24.5 Å². The molecule has 1 saturated heterocycles. The lowest BCUT2D eigenvalue weighted by atomic mass is 10.0. The number of aromatic nitrogens is 2. The summed E-state index contributed by atoms with van der Waals surface area (Å²) in [5.74, 6) is -1.73. The number of fused-ring (bicyclic) bond motifs is 1. The topological polar surface area (TPSA) is 101 Å². The Hall–Kier alpha value is -2.74. The van der Waals surface area contributed by atoms with Crippen LogP contribution in [-0.2, 0) is 0 Å². The summed E-state index contributed by atoms with van der Waals surface area (Å²) >= 11 is 0. The molecule has 0 atom stereocenters. The van der Waals surface area contributed by atoms with Gasteiger partial charge >= 0.3 is 5.97 Å². The molecule has 0 aromatic carbocycles. The Morgan fingerprint density at radius 2 is 2.22 bits per heavy atom. The number of piperidine rings is 1. The van der Waals surface area contributed by atoms with Crippen LogP contribution in [-0.4, -0.2) is 40.3 Å². The molecule has 0 radical (unpaired) electrons. The maximum absolute atomic E-state index is 14.8. The molecule has 0 unspecified atom stereocenters. The number of aromatic carboxylic acids is 1. The Kier molecular flexibility index (Phi) is 4.43. The normalized spacial score (nSPS) is 19.0. The van der Waals surface area contributed by atoms with Gasteiger partial charge in [0.05, 0.1) is 5.39 Å². The molecule has 27 heavy (non-hydrogen) atoms. The predicted octanol–water partition coefficient (Wildman–Crippen LogP) is 2.05. The Bertz CT molecular complexity index is 1010. The largest absolute Gasteiger partial charge is 0.477 e. The lowest BCUT2D eigenvalue weighted by molar-refractivity contribution is 0.0695. The van der Waals surface area contributed by atoms with Gasteiger partial charge in [0.2, 0.25) is 5.43 Å². The Balaban J connectivity index is 1.87. The Morgan fingerprint density at radius 3 is 2.89 bits per heavy atom. The van der Waals surface area contributed by atoms with Gasteiger partial charge in [0.1, 0.15) is 11.2 Å². The van der Waals surface area contributed by atoms with Crippen molar-refractivity contribution < 1.29 is 14.3 Å². The van der Waals surface area contributed by atoms with E-state index in [9.17, 15) is 19.1 Å². The number of anilines is 1. The summed E-state index contributed by atoms with van der Waals surface area (Å²) in [6.07, 6.45) is 6.87. The number of rotatable bonds is 4. The SMILES string of the molecule is NC/C=C1\CCCN(c2nc3c(cc2F)c(=O)c(C(=O)O)cn3C2CC2)C1. The van der Waals surface area contributed by atoms with Gasteiger partial charge in [-0.15, -0.1) is 0 Å². The molecule has 0 amide bonds. The summed E-state index contributed by atoms with van der Waals surface area (Å²) in [4.78, 5) is 30.2. The molecule has 8 heteroatoms. The lowest BCUT2D eigenvalue weighted by Crippen LogP contribution is -2.33. The number of halogens is 1. The minimum atomic E-state index is -1.31. The van der Waals surface area contributed by atoms with Crippen LogP contribution in [0.3, 0.4) is 0 Å². The standard InChI is InChI=1S/C19H21FN4O3/c20-15-8-13-16(25)14(19(26)27)10-24(12-3-4-12)17(13)22-18(15)23-7-1-2-11(9-23)5-6-21/h5,8,10,12H,1-4,6-7,9,21H2,(H,26,27)/b11-5+. The van der Waals surface area contributed by atoms with Crippen molar-refractivity contribution in [2.24, 2.45) is 5.73 Å². The first-order valence-corrected chi connectivity index (χ1v) is 9.11. The van der Waals surface area contributed by atoms with Gasteiger partial charge in [-0.25, -0.2) is 14.2 Å². The number of nitrogens with zero attached hydrogens (tertiary/aromatic N) is 3. The quantitative estimate of drug-likeness (QED) is 0.797. The fourth-order valence-corrected chi connectivity index (χ4v) is 3.66. The van der Waals surface area contributed by atoms with Crippen LogP contribution in [0.15, 0.2) is 28.7 Å². The highest BCUT2D eigenvalue weighted by Crippen LogP contribution is 2.37. The first kappa shape index (κ1) is 17.7. The summed E-state index contributed by atoms with van der Waals surface area (Å²) in [6.45, 7) is 1.65. The molecule has 142 valence electrons. The second-order valence-corrected chi connectivity index (χ2v) is 7.10.